The molecule has 1 aromatic carbocycles. The first kappa shape index (κ1) is 17.0. The number of furan rings is 1. The first-order valence-electron chi connectivity index (χ1n) is 8.61. The van der Waals surface area contributed by atoms with Crippen LogP contribution in [0.4, 0.5) is 0 Å². The Kier molecular flexibility index (Phi) is 5.03. The van der Waals surface area contributed by atoms with Crippen LogP contribution in [-0.2, 0) is 0 Å². The highest BCUT2D eigenvalue weighted by Gasteiger charge is 2.21. The number of para-hydroxylation sites is 1. The van der Waals surface area contributed by atoms with E-state index in [-0.39, 0.29) is 11.9 Å². The second-order valence-electron chi connectivity index (χ2n) is 6.24. The number of hydrogen-bond acceptors (Lipinski definition) is 3. The molecule has 3 rings (SSSR count). The largest absolute Gasteiger partial charge is 0.460 e. The molecule has 2 aromatic heterocycles. The third-order valence-corrected chi connectivity index (χ3v) is 4.05. The molecule has 1 amide bonds. The lowest BCUT2D eigenvalue weighted by molar-refractivity contribution is 0.0938. The van der Waals surface area contributed by atoms with Crippen LogP contribution in [-0.4, -0.2) is 21.7 Å². The molecule has 2 heterocycles. The fourth-order valence-corrected chi connectivity index (χ4v) is 2.80. The van der Waals surface area contributed by atoms with E-state index in [1.165, 1.54) is 0 Å². The monoisotopic (exact) mass is 337 g/mol. The van der Waals surface area contributed by atoms with Crippen LogP contribution in [0.5, 0.6) is 0 Å². The molecular formula is C20H23N3O2. The minimum absolute atomic E-state index is 0.115. The van der Waals surface area contributed by atoms with Crippen LogP contribution in [0.1, 0.15) is 42.8 Å². The quantitative estimate of drug-likeness (QED) is 0.727. The lowest BCUT2D eigenvalue weighted by Gasteiger charge is -2.12. The van der Waals surface area contributed by atoms with E-state index < -0.39 is 0 Å². The minimum atomic E-state index is -0.132. The smallest absolute Gasteiger partial charge is 0.255 e. The van der Waals surface area contributed by atoms with Crippen molar-refractivity contribution in [2.75, 3.05) is 0 Å². The average molecular weight is 337 g/mol. The Hall–Kier alpha value is -2.82. The molecule has 1 N–H and O–H groups in total. The van der Waals surface area contributed by atoms with E-state index in [2.05, 4.69) is 17.3 Å². The van der Waals surface area contributed by atoms with Crippen LogP contribution in [0.3, 0.4) is 0 Å². The number of amides is 1. The van der Waals surface area contributed by atoms with Gasteiger partial charge in [0.05, 0.1) is 11.3 Å². The lowest BCUT2D eigenvalue weighted by atomic mass is 10.1. The van der Waals surface area contributed by atoms with Gasteiger partial charge in [0.15, 0.2) is 5.76 Å². The SMILES string of the molecule is CCCC(C)NC(=O)c1cn(-c2ccccc2)nc1-c1ccc(C)o1. The third-order valence-electron chi connectivity index (χ3n) is 4.05. The first-order valence-corrected chi connectivity index (χ1v) is 8.61. The summed E-state index contributed by atoms with van der Waals surface area (Å²) in [5, 5.41) is 7.65. The summed E-state index contributed by atoms with van der Waals surface area (Å²) in [7, 11) is 0. The highest BCUT2D eigenvalue weighted by molar-refractivity contribution is 5.99. The summed E-state index contributed by atoms with van der Waals surface area (Å²) in [5.74, 6) is 1.25. The zero-order chi connectivity index (χ0) is 17.8. The topological polar surface area (TPSA) is 60.1 Å². The van der Waals surface area contributed by atoms with Crippen LogP contribution < -0.4 is 5.32 Å². The van der Waals surface area contributed by atoms with E-state index in [1.807, 2.05) is 56.3 Å². The second kappa shape index (κ2) is 7.38. The molecule has 0 aliphatic rings. The summed E-state index contributed by atoms with van der Waals surface area (Å²) in [6.07, 6.45) is 3.72. The van der Waals surface area contributed by atoms with Gasteiger partial charge < -0.3 is 9.73 Å². The van der Waals surface area contributed by atoms with Gasteiger partial charge in [0, 0.05) is 12.2 Å². The van der Waals surface area contributed by atoms with Crippen molar-refractivity contribution in [3.63, 3.8) is 0 Å². The van der Waals surface area contributed by atoms with Crippen LogP contribution in [0.25, 0.3) is 17.1 Å². The van der Waals surface area contributed by atoms with Gasteiger partial charge in [-0.1, -0.05) is 31.5 Å². The van der Waals surface area contributed by atoms with Crippen molar-refractivity contribution in [1.82, 2.24) is 15.1 Å². The molecule has 25 heavy (non-hydrogen) atoms. The molecule has 1 atom stereocenters. The molecule has 3 aromatic rings. The van der Waals surface area contributed by atoms with E-state index in [4.69, 9.17) is 4.42 Å². The number of rotatable bonds is 6. The number of aryl methyl sites for hydroxylation is 1. The normalized spacial score (nSPS) is 12.1. The number of aromatic nitrogens is 2. The fourth-order valence-electron chi connectivity index (χ4n) is 2.80. The van der Waals surface area contributed by atoms with E-state index >= 15 is 0 Å². The summed E-state index contributed by atoms with van der Waals surface area (Å²) in [4.78, 5) is 12.8. The van der Waals surface area contributed by atoms with Gasteiger partial charge in [0.25, 0.3) is 5.91 Å². The first-order chi connectivity index (χ1) is 12.1. The Morgan fingerprint density at radius 1 is 1.24 bits per heavy atom. The summed E-state index contributed by atoms with van der Waals surface area (Å²) in [6.45, 7) is 5.99. The Labute approximate surface area is 147 Å². The van der Waals surface area contributed by atoms with E-state index in [9.17, 15) is 4.79 Å². The summed E-state index contributed by atoms with van der Waals surface area (Å²) < 4.78 is 7.42. The van der Waals surface area contributed by atoms with Crippen molar-refractivity contribution in [3.05, 3.63) is 60.0 Å². The van der Waals surface area contributed by atoms with Crippen molar-refractivity contribution in [2.45, 2.75) is 39.7 Å². The molecule has 0 aliphatic heterocycles. The highest BCUT2D eigenvalue weighted by Crippen LogP contribution is 2.25. The molecule has 0 fully saturated rings. The minimum Gasteiger partial charge on any atom is -0.460 e. The number of benzene rings is 1. The predicted octanol–water partition coefficient (Wildman–Crippen LogP) is 4.36. The van der Waals surface area contributed by atoms with Gasteiger partial charge in [0.1, 0.15) is 11.5 Å². The lowest BCUT2D eigenvalue weighted by Crippen LogP contribution is -2.32. The molecule has 0 bridgehead atoms. The molecule has 0 saturated carbocycles. The van der Waals surface area contributed by atoms with Gasteiger partial charge in [-0.3, -0.25) is 4.79 Å². The van der Waals surface area contributed by atoms with Gasteiger partial charge >= 0.3 is 0 Å². The maximum Gasteiger partial charge on any atom is 0.255 e. The molecule has 5 heteroatoms. The van der Waals surface area contributed by atoms with E-state index in [0.717, 1.165) is 24.3 Å². The summed E-state index contributed by atoms with van der Waals surface area (Å²) >= 11 is 0. The molecule has 0 radical (unpaired) electrons. The van der Waals surface area contributed by atoms with Crippen molar-refractivity contribution in [2.24, 2.45) is 0 Å². The zero-order valence-electron chi connectivity index (χ0n) is 14.8. The predicted molar refractivity (Wildman–Crippen MR) is 97.8 cm³/mol. The van der Waals surface area contributed by atoms with Crippen molar-refractivity contribution < 1.29 is 9.21 Å². The van der Waals surface area contributed by atoms with Crippen LogP contribution in [0.15, 0.2) is 53.1 Å². The second-order valence-corrected chi connectivity index (χ2v) is 6.24. The fraction of sp³-hybridized carbons (Fsp3) is 0.300. The van der Waals surface area contributed by atoms with Gasteiger partial charge in [-0.15, -0.1) is 0 Å². The molecule has 5 nitrogen and oxygen atoms in total. The molecule has 1 unspecified atom stereocenters. The van der Waals surface area contributed by atoms with E-state index in [1.54, 1.807) is 10.9 Å². The summed E-state index contributed by atoms with van der Waals surface area (Å²) in [6, 6.07) is 13.6. The average Bonchev–Trinajstić information content (AvgIpc) is 3.22. The van der Waals surface area contributed by atoms with E-state index in [0.29, 0.717) is 17.0 Å². The zero-order valence-corrected chi connectivity index (χ0v) is 14.8. The van der Waals surface area contributed by atoms with Crippen LogP contribution >= 0.6 is 0 Å². The Morgan fingerprint density at radius 3 is 2.64 bits per heavy atom. The standard InChI is InChI=1S/C20H23N3O2/c1-4-8-14(2)21-20(24)17-13-23(16-9-6-5-7-10-16)22-19(17)18-12-11-15(3)25-18/h5-7,9-14H,4,8H2,1-3H3,(H,21,24). The van der Waals surface area contributed by atoms with Gasteiger partial charge in [-0.2, -0.15) is 5.10 Å². The number of carbonyl (C=O) groups excluding carboxylic acids is 1. The maximum atomic E-state index is 12.8. The number of nitrogens with zero attached hydrogens (tertiary/aromatic N) is 2. The van der Waals surface area contributed by atoms with Crippen LogP contribution in [0.2, 0.25) is 0 Å². The highest BCUT2D eigenvalue weighted by atomic mass is 16.3. The number of nitrogens with one attached hydrogen (secondary N) is 1. The molecule has 0 spiro atoms. The Balaban J connectivity index is 2.00. The van der Waals surface area contributed by atoms with Gasteiger partial charge in [-0.05, 0) is 44.5 Å². The van der Waals surface area contributed by atoms with Crippen LogP contribution in [0, 0.1) is 6.92 Å². The number of carbonyl (C=O) groups is 1. The Bertz CT molecular complexity index is 849. The van der Waals surface area contributed by atoms with Crippen molar-refractivity contribution in [3.8, 4) is 17.1 Å². The molecule has 130 valence electrons. The van der Waals surface area contributed by atoms with Gasteiger partial charge in [0.2, 0.25) is 0 Å². The van der Waals surface area contributed by atoms with Gasteiger partial charge in [-0.25, -0.2) is 4.68 Å². The number of hydrogen-bond donors (Lipinski definition) is 1. The molecular weight excluding hydrogens is 314 g/mol. The summed E-state index contributed by atoms with van der Waals surface area (Å²) in [5.41, 5.74) is 1.96. The maximum absolute atomic E-state index is 12.8. The third kappa shape index (κ3) is 3.82. The van der Waals surface area contributed by atoms with Crippen molar-refractivity contribution >= 4 is 5.91 Å². The molecule has 0 aliphatic carbocycles. The molecule has 0 saturated heterocycles. The van der Waals surface area contributed by atoms with Crippen molar-refractivity contribution in [1.29, 1.82) is 0 Å². The Morgan fingerprint density at radius 2 is 2.00 bits per heavy atom.